The molecule has 4 N–H and O–H groups in total. The second kappa shape index (κ2) is 10.0. The van der Waals surface area contributed by atoms with Gasteiger partial charge in [-0.05, 0) is 81.2 Å². The zero-order chi connectivity index (χ0) is 24.3. The fraction of sp³-hybridized carbons (Fsp3) is 0.400. The van der Waals surface area contributed by atoms with Crippen molar-refractivity contribution in [3.8, 4) is 0 Å². The minimum absolute atomic E-state index is 0.00239. The molecule has 0 saturated carbocycles. The average Bonchev–Trinajstić information content (AvgIpc) is 2.85. The van der Waals surface area contributed by atoms with Gasteiger partial charge < -0.3 is 21.1 Å². The summed E-state index contributed by atoms with van der Waals surface area (Å²) in [5, 5.41) is 13.0. The Balaban J connectivity index is 1.50. The first kappa shape index (κ1) is 24.0. The zero-order valence-corrected chi connectivity index (χ0v) is 19.7. The number of piperidine rings is 2. The van der Waals surface area contributed by atoms with E-state index in [1.54, 1.807) is 42.5 Å². The summed E-state index contributed by atoms with van der Waals surface area (Å²) in [6.07, 6.45) is 4.52. The number of nitrogens with zero attached hydrogens (tertiary/aromatic N) is 2. The number of hydrogen-bond donors (Lipinski definition) is 3. The summed E-state index contributed by atoms with van der Waals surface area (Å²) < 4.78 is 0. The van der Waals surface area contributed by atoms with Crippen molar-refractivity contribution < 1.29 is 19.5 Å². The van der Waals surface area contributed by atoms with E-state index in [4.69, 9.17) is 17.3 Å². The van der Waals surface area contributed by atoms with Gasteiger partial charge in [0.1, 0.15) is 5.54 Å². The first-order valence-corrected chi connectivity index (χ1v) is 11.9. The van der Waals surface area contributed by atoms with Crippen LogP contribution in [-0.2, 0) is 4.79 Å². The second-order valence-electron chi connectivity index (χ2n) is 8.93. The third kappa shape index (κ3) is 4.88. The molecule has 2 fully saturated rings. The summed E-state index contributed by atoms with van der Waals surface area (Å²) in [5.74, 6) is -1.83. The van der Waals surface area contributed by atoms with Crippen LogP contribution in [0.4, 0.5) is 11.4 Å². The molecule has 2 saturated heterocycles. The van der Waals surface area contributed by atoms with E-state index in [9.17, 15) is 19.5 Å². The fourth-order valence-corrected chi connectivity index (χ4v) is 5.11. The Morgan fingerprint density at radius 3 is 2.18 bits per heavy atom. The number of aromatic carboxylic acids is 1. The number of halogens is 1. The molecule has 34 heavy (non-hydrogen) atoms. The number of rotatable bonds is 6. The van der Waals surface area contributed by atoms with Gasteiger partial charge >= 0.3 is 5.97 Å². The zero-order valence-electron chi connectivity index (χ0n) is 18.9. The maximum atomic E-state index is 12.6. The smallest absolute Gasteiger partial charge is 0.337 e. The Labute approximate surface area is 203 Å². The van der Waals surface area contributed by atoms with E-state index in [2.05, 4.69) is 15.1 Å². The molecule has 0 atom stereocenters. The van der Waals surface area contributed by atoms with Crippen LogP contribution in [0, 0.1) is 0 Å². The molecule has 0 unspecified atom stereocenters. The highest BCUT2D eigenvalue weighted by atomic mass is 35.5. The number of amides is 2. The Morgan fingerprint density at radius 1 is 0.941 bits per heavy atom. The summed E-state index contributed by atoms with van der Waals surface area (Å²) in [4.78, 5) is 41.3. The summed E-state index contributed by atoms with van der Waals surface area (Å²) in [6, 6.07) is 11.3. The fourth-order valence-electron chi connectivity index (χ4n) is 4.99. The van der Waals surface area contributed by atoms with Crippen LogP contribution >= 0.6 is 11.6 Å². The van der Waals surface area contributed by atoms with Gasteiger partial charge in [-0.25, -0.2) is 4.79 Å². The Bertz CT molecular complexity index is 1070. The van der Waals surface area contributed by atoms with Crippen molar-refractivity contribution in [3.63, 3.8) is 0 Å². The first-order valence-electron chi connectivity index (χ1n) is 11.5. The maximum Gasteiger partial charge on any atom is 0.337 e. The van der Waals surface area contributed by atoms with Crippen molar-refractivity contribution in [2.24, 2.45) is 5.73 Å². The van der Waals surface area contributed by atoms with Gasteiger partial charge in [0.15, 0.2) is 0 Å². The molecular formula is C25H29ClN4O4. The van der Waals surface area contributed by atoms with Gasteiger partial charge in [-0.3, -0.25) is 14.5 Å². The van der Waals surface area contributed by atoms with E-state index in [-0.39, 0.29) is 17.2 Å². The van der Waals surface area contributed by atoms with Crippen LogP contribution in [0.1, 0.15) is 52.8 Å². The van der Waals surface area contributed by atoms with Gasteiger partial charge in [0.2, 0.25) is 5.91 Å². The van der Waals surface area contributed by atoms with Crippen LogP contribution < -0.4 is 16.0 Å². The maximum absolute atomic E-state index is 12.6. The van der Waals surface area contributed by atoms with Crippen LogP contribution in [0.2, 0.25) is 5.02 Å². The monoisotopic (exact) mass is 484 g/mol. The highest BCUT2D eigenvalue weighted by Gasteiger charge is 2.45. The van der Waals surface area contributed by atoms with Crippen molar-refractivity contribution in [1.29, 1.82) is 0 Å². The molecule has 0 bridgehead atoms. The largest absolute Gasteiger partial charge is 0.478 e. The van der Waals surface area contributed by atoms with E-state index in [0.717, 1.165) is 31.6 Å². The SMILES string of the molecule is NC(=O)C1(N2CCCCC2)CCN(c2ccc(NC(=O)c3ccc(Cl)cc3)c(C(=O)O)c2)CC1. The van der Waals surface area contributed by atoms with E-state index in [1.165, 1.54) is 6.42 Å². The molecule has 2 aromatic carbocycles. The molecule has 0 aromatic heterocycles. The first-order chi connectivity index (χ1) is 16.3. The quantitative estimate of drug-likeness (QED) is 0.577. The molecule has 0 aliphatic carbocycles. The minimum atomic E-state index is -1.13. The molecule has 180 valence electrons. The number of benzene rings is 2. The van der Waals surface area contributed by atoms with Gasteiger partial charge in [-0.2, -0.15) is 0 Å². The lowest BCUT2D eigenvalue weighted by Gasteiger charge is -2.48. The second-order valence-corrected chi connectivity index (χ2v) is 9.36. The number of hydrogen-bond acceptors (Lipinski definition) is 5. The van der Waals surface area contributed by atoms with Crippen molar-refractivity contribution in [2.45, 2.75) is 37.6 Å². The highest BCUT2D eigenvalue weighted by Crippen LogP contribution is 2.34. The number of anilines is 2. The highest BCUT2D eigenvalue weighted by molar-refractivity contribution is 6.30. The number of likely N-dealkylation sites (tertiary alicyclic amines) is 1. The van der Waals surface area contributed by atoms with Crippen LogP contribution in [0.15, 0.2) is 42.5 Å². The Morgan fingerprint density at radius 2 is 1.59 bits per heavy atom. The van der Waals surface area contributed by atoms with E-state index in [1.807, 2.05) is 0 Å². The molecule has 9 heteroatoms. The predicted molar refractivity (Wildman–Crippen MR) is 132 cm³/mol. The van der Waals surface area contributed by atoms with Crippen molar-refractivity contribution in [2.75, 3.05) is 36.4 Å². The molecule has 8 nitrogen and oxygen atoms in total. The molecule has 0 radical (unpaired) electrons. The van der Waals surface area contributed by atoms with Crippen molar-refractivity contribution in [1.82, 2.24) is 4.90 Å². The van der Waals surface area contributed by atoms with Gasteiger partial charge in [0.25, 0.3) is 5.91 Å². The van der Waals surface area contributed by atoms with E-state index in [0.29, 0.717) is 36.5 Å². The topological polar surface area (TPSA) is 116 Å². The summed E-state index contributed by atoms with van der Waals surface area (Å²) in [6.45, 7) is 2.95. The molecular weight excluding hydrogens is 456 g/mol. The predicted octanol–water partition coefficient (Wildman–Crippen LogP) is 3.60. The number of nitrogens with one attached hydrogen (secondary N) is 1. The van der Waals surface area contributed by atoms with Gasteiger partial charge in [-0.15, -0.1) is 0 Å². The van der Waals surface area contributed by atoms with E-state index >= 15 is 0 Å². The summed E-state index contributed by atoms with van der Waals surface area (Å²) >= 11 is 5.87. The number of carboxylic acid groups (broad SMARTS) is 1. The van der Waals surface area contributed by atoms with Gasteiger partial charge in [-0.1, -0.05) is 18.0 Å². The normalized spacial score (nSPS) is 18.3. The van der Waals surface area contributed by atoms with Crippen LogP contribution in [0.25, 0.3) is 0 Å². The third-order valence-electron chi connectivity index (χ3n) is 6.96. The van der Waals surface area contributed by atoms with Crippen molar-refractivity contribution in [3.05, 3.63) is 58.6 Å². The summed E-state index contributed by atoms with van der Waals surface area (Å²) in [5.41, 5.74) is 6.57. The van der Waals surface area contributed by atoms with Gasteiger partial charge in [0.05, 0.1) is 11.3 Å². The lowest BCUT2D eigenvalue weighted by Crippen LogP contribution is -2.63. The third-order valence-corrected chi connectivity index (χ3v) is 7.22. The van der Waals surface area contributed by atoms with Crippen LogP contribution in [-0.4, -0.2) is 59.5 Å². The Hall–Kier alpha value is -3.10. The standard InChI is InChI=1S/C25H29ClN4O4/c26-18-6-4-17(5-7-18)22(31)28-21-9-8-19(16-20(21)23(32)33)29-14-10-25(11-15-29,24(27)34)30-12-2-1-3-13-30/h4-9,16H,1-3,10-15H2,(H2,27,34)(H,28,31)(H,32,33). The molecule has 2 aromatic rings. The molecule has 2 heterocycles. The molecule has 4 rings (SSSR count). The number of carbonyl (C=O) groups excluding carboxylic acids is 2. The molecule has 2 aliphatic heterocycles. The van der Waals surface area contributed by atoms with Crippen molar-refractivity contribution >= 4 is 40.8 Å². The van der Waals surface area contributed by atoms with Crippen LogP contribution in [0.5, 0.6) is 0 Å². The Kier molecular flexibility index (Phi) is 7.09. The summed E-state index contributed by atoms with van der Waals surface area (Å²) in [7, 11) is 0. The number of carbonyl (C=O) groups is 3. The molecule has 2 amide bonds. The number of nitrogens with two attached hydrogens (primary N) is 1. The number of carboxylic acids is 1. The number of primary amides is 1. The molecule has 2 aliphatic rings. The minimum Gasteiger partial charge on any atom is -0.478 e. The van der Waals surface area contributed by atoms with Gasteiger partial charge in [0, 0.05) is 29.4 Å². The average molecular weight is 485 g/mol. The lowest BCUT2D eigenvalue weighted by molar-refractivity contribution is -0.132. The van der Waals surface area contributed by atoms with E-state index < -0.39 is 17.4 Å². The molecule has 0 spiro atoms. The lowest BCUT2D eigenvalue weighted by atomic mass is 9.83. The van der Waals surface area contributed by atoms with Crippen LogP contribution in [0.3, 0.4) is 0 Å².